The normalized spacial score (nSPS) is 11.9. The third-order valence-corrected chi connectivity index (χ3v) is 8.36. The predicted molar refractivity (Wildman–Crippen MR) is 158 cm³/mol. The number of methoxy groups -OCH3 is 1. The van der Waals surface area contributed by atoms with E-state index >= 15 is 0 Å². The fourth-order valence-electron chi connectivity index (χ4n) is 4.52. The van der Waals surface area contributed by atoms with Gasteiger partial charge in [-0.2, -0.15) is 0 Å². The third-order valence-electron chi connectivity index (χ3n) is 6.58. The fourth-order valence-corrected chi connectivity index (χ4v) is 5.96. The van der Waals surface area contributed by atoms with Gasteiger partial charge in [-0.3, -0.25) is 13.9 Å². The Morgan fingerprint density at radius 3 is 2.25 bits per heavy atom. The van der Waals surface area contributed by atoms with Gasteiger partial charge in [0.05, 0.1) is 17.7 Å². The molecule has 0 heterocycles. The third kappa shape index (κ3) is 7.41. The van der Waals surface area contributed by atoms with Crippen molar-refractivity contribution in [3.63, 3.8) is 0 Å². The Balaban J connectivity index is 2.11. The molecule has 1 atom stereocenters. The summed E-state index contributed by atoms with van der Waals surface area (Å²) in [5.41, 5.74) is 2.92. The highest BCUT2D eigenvalue weighted by molar-refractivity contribution is 7.92. The molecule has 3 aromatic carbocycles. The average Bonchev–Trinajstić information content (AvgIpc) is 2.94. The van der Waals surface area contributed by atoms with Crippen LogP contribution in [0.25, 0.3) is 0 Å². The Morgan fingerprint density at radius 1 is 0.925 bits per heavy atom. The monoisotopic (exact) mass is 565 g/mol. The number of sulfonamides is 1. The van der Waals surface area contributed by atoms with Crippen LogP contribution in [0.3, 0.4) is 0 Å². The molecule has 8 nitrogen and oxygen atoms in total. The number of nitrogens with one attached hydrogen (secondary N) is 1. The van der Waals surface area contributed by atoms with E-state index in [1.807, 2.05) is 58.0 Å². The van der Waals surface area contributed by atoms with Gasteiger partial charge in [0.15, 0.2) is 0 Å². The standard InChI is InChI=1S/C31H39N3O5S/c1-6-18-32-31(36)27(7-2)33(21-25-13-11-12-23(3)19-25)30(35)22-34(28-20-24(4)16-17-29(28)39-5)40(37,38)26-14-9-8-10-15-26/h8-17,19-20,27H,6-7,18,21-22H2,1-5H3,(H,32,36). The van der Waals surface area contributed by atoms with Crippen molar-refractivity contribution in [2.45, 2.75) is 58.0 Å². The quantitative estimate of drug-likeness (QED) is 0.320. The molecule has 214 valence electrons. The molecular formula is C31H39N3O5S. The molecule has 1 unspecified atom stereocenters. The highest BCUT2D eigenvalue weighted by Gasteiger charge is 2.34. The van der Waals surface area contributed by atoms with Crippen LogP contribution in [-0.4, -0.2) is 51.4 Å². The van der Waals surface area contributed by atoms with E-state index in [4.69, 9.17) is 4.74 Å². The van der Waals surface area contributed by atoms with Gasteiger partial charge in [0, 0.05) is 13.1 Å². The van der Waals surface area contributed by atoms with Crippen molar-refractivity contribution in [2.24, 2.45) is 0 Å². The highest BCUT2D eigenvalue weighted by atomic mass is 32.2. The molecule has 2 amide bonds. The fraction of sp³-hybridized carbons (Fsp3) is 0.355. The van der Waals surface area contributed by atoms with Crippen molar-refractivity contribution < 1.29 is 22.7 Å². The van der Waals surface area contributed by atoms with Crippen LogP contribution < -0.4 is 14.4 Å². The number of carbonyl (C=O) groups excluding carboxylic acids is 2. The van der Waals surface area contributed by atoms with Gasteiger partial charge >= 0.3 is 0 Å². The molecule has 0 radical (unpaired) electrons. The summed E-state index contributed by atoms with van der Waals surface area (Å²) in [7, 11) is -2.72. The van der Waals surface area contributed by atoms with Crippen molar-refractivity contribution in [1.29, 1.82) is 0 Å². The molecule has 0 aliphatic rings. The zero-order chi connectivity index (χ0) is 29.3. The molecule has 3 aromatic rings. The molecule has 1 N–H and O–H groups in total. The lowest BCUT2D eigenvalue weighted by Crippen LogP contribution is -2.52. The van der Waals surface area contributed by atoms with Crippen molar-refractivity contribution in [3.05, 3.63) is 89.5 Å². The first-order valence-electron chi connectivity index (χ1n) is 13.5. The molecule has 0 bridgehead atoms. The van der Waals surface area contributed by atoms with Crippen LogP contribution in [0.1, 0.15) is 43.4 Å². The number of carbonyl (C=O) groups is 2. The van der Waals surface area contributed by atoms with Crippen LogP contribution in [-0.2, 0) is 26.2 Å². The SMILES string of the molecule is CCCNC(=O)C(CC)N(Cc1cccc(C)c1)C(=O)CN(c1cc(C)ccc1OC)S(=O)(=O)c1ccccc1. The van der Waals surface area contributed by atoms with Crippen molar-refractivity contribution >= 4 is 27.5 Å². The minimum absolute atomic E-state index is 0.0457. The van der Waals surface area contributed by atoms with E-state index in [1.165, 1.54) is 24.1 Å². The molecule has 0 fully saturated rings. The van der Waals surface area contributed by atoms with E-state index in [2.05, 4.69) is 5.32 Å². The minimum atomic E-state index is -4.17. The molecule has 9 heteroatoms. The van der Waals surface area contributed by atoms with E-state index < -0.39 is 28.5 Å². The molecule has 0 aliphatic carbocycles. The van der Waals surface area contributed by atoms with E-state index in [9.17, 15) is 18.0 Å². The Hall–Kier alpha value is -3.85. The number of amides is 2. The lowest BCUT2D eigenvalue weighted by Gasteiger charge is -2.33. The number of hydrogen-bond acceptors (Lipinski definition) is 5. The largest absolute Gasteiger partial charge is 0.495 e. The van der Waals surface area contributed by atoms with Gasteiger partial charge in [-0.25, -0.2) is 8.42 Å². The van der Waals surface area contributed by atoms with Gasteiger partial charge in [-0.15, -0.1) is 0 Å². The second kappa shape index (κ2) is 14.0. The molecule has 3 rings (SSSR count). The van der Waals surface area contributed by atoms with Gasteiger partial charge in [-0.1, -0.05) is 67.9 Å². The predicted octanol–water partition coefficient (Wildman–Crippen LogP) is 4.84. The summed E-state index contributed by atoms with van der Waals surface area (Å²) in [4.78, 5) is 28.9. The maximum atomic E-state index is 14.2. The molecule has 0 spiro atoms. The summed E-state index contributed by atoms with van der Waals surface area (Å²) in [6.07, 6.45) is 1.12. The molecule has 0 aromatic heterocycles. The summed E-state index contributed by atoms with van der Waals surface area (Å²) in [6.45, 7) is 7.72. The van der Waals surface area contributed by atoms with E-state index in [-0.39, 0.29) is 23.0 Å². The zero-order valence-electron chi connectivity index (χ0n) is 23.9. The smallest absolute Gasteiger partial charge is 0.264 e. The topological polar surface area (TPSA) is 96.0 Å². The summed E-state index contributed by atoms with van der Waals surface area (Å²) in [5.74, 6) is -0.449. The Kier molecular flexibility index (Phi) is 10.7. The summed E-state index contributed by atoms with van der Waals surface area (Å²) >= 11 is 0. The zero-order valence-corrected chi connectivity index (χ0v) is 24.7. The maximum absolute atomic E-state index is 14.2. The minimum Gasteiger partial charge on any atom is -0.495 e. The lowest BCUT2D eigenvalue weighted by molar-refractivity contribution is -0.140. The molecule has 0 aliphatic heterocycles. The van der Waals surface area contributed by atoms with Crippen LogP contribution in [0.2, 0.25) is 0 Å². The highest BCUT2D eigenvalue weighted by Crippen LogP contribution is 2.33. The van der Waals surface area contributed by atoms with Crippen LogP contribution in [0.4, 0.5) is 5.69 Å². The Morgan fingerprint density at radius 2 is 1.62 bits per heavy atom. The molecule has 40 heavy (non-hydrogen) atoms. The second-order valence-electron chi connectivity index (χ2n) is 9.73. The van der Waals surface area contributed by atoms with Crippen molar-refractivity contribution in [2.75, 3.05) is 24.5 Å². The van der Waals surface area contributed by atoms with E-state index in [1.54, 1.807) is 30.3 Å². The Labute approximate surface area is 238 Å². The summed E-state index contributed by atoms with van der Waals surface area (Å²) in [6, 6.07) is 20.1. The van der Waals surface area contributed by atoms with Gasteiger partial charge in [0.2, 0.25) is 11.8 Å². The first-order chi connectivity index (χ1) is 19.1. The molecule has 0 saturated carbocycles. The number of anilines is 1. The van der Waals surface area contributed by atoms with Gasteiger partial charge in [0.1, 0.15) is 18.3 Å². The van der Waals surface area contributed by atoms with E-state index in [0.29, 0.717) is 18.7 Å². The lowest BCUT2D eigenvalue weighted by atomic mass is 10.1. The second-order valence-corrected chi connectivity index (χ2v) is 11.6. The van der Waals surface area contributed by atoms with Crippen LogP contribution in [0.5, 0.6) is 5.75 Å². The number of aryl methyl sites for hydroxylation is 2. The number of nitrogens with zero attached hydrogens (tertiary/aromatic N) is 2. The summed E-state index contributed by atoms with van der Waals surface area (Å²) in [5, 5.41) is 2.90. The number of ether oxygens (including phenoxy) is 1. The number of hydrogen-bond donors (Lipinski definition) is 1. The van der Waals surface area contributed by atoms with Crippen molar-refractivity contribution in [1.82, 2.24) is 10.2 Å². The summed E-state index contributed by atoms with van der Waals surface area (Å²) < 4.78 is 34.6. The van der Waals surface area contributed by atoms with Gasteiger partial charge < -0.3 is 15.0 Å². The van der Waals surface area contributed by atoms with E-state index in [0.717, 1.165) is 27.4 Å². The number of rotatable bonds is 13. The van der Waals surface area contributed by atoms with Gasteiger partial charge in [-0.05, 0) is 62.1 Å². The molecular weight excluding hydrogens is 526 g/mol. The van der Waals surface area contributed by atoms with Crippen LogP contribution in [0, 0.1) is 13.8 Å². The van der Waals surface area contributed by atoms with Crippen LogP contribution >= 0.6 is 0 Å². The number of benzene rings is 3. The first-order valence-corrected chi connectivity index (χ1v) is 14.9. The maximum Gasteiger partial charge on any atom is 0.264 e. The van der Waals surface area contributed by atoms with Crippen molar-refractivity contribution in [3.8, 4) is 5.75 Å². The Bertz CT molecular complexity index is 1410. The average molecular weight is 566 g/mol. The van der Waals surface area contributed by atoms with Crippen LogP contribution in [0.15, 0.2) is 77.7 Å². The van der Waals surface area contributed by atoms with Gasteiger partial charge in [0.25, 0.3) is 10.0 Å². The first kappa shape index (κ1) is 30.7. The molecule has 0 saturated heterocycles.